The summed E-state index contributed by atoms with van der Waals surface area (Å²) in [5.74, 6) is 1.48. The van der Waals surface area contributed by atoms with E-state index < -0.39 is 0 Å². The van der Waals surface area contributed by atoms with Gasteiger partial charge in [-0.1, -0.05) is 30.3 Å². The molecule has 0 spiro atoms. The van der Waals surface area contributed by atoms with Crippen LogP contribution in [0.1, 0.15) is 12.0 Å². The molecule has 168 valence electrons. The molecule has 0 radical (unpaired) electrons. The number of aliphatic imine (C=N–C) groups is 1. The fraction of sp³-hybridized carbons (Fsp3) is 0.417. The van der Waals surface area contributed by atoms with Crippen LogP contribution < -0.4 is 20.3 Å². The van der Waals surface area contributed by atoms with Gasteiger partial charge in [0.15, 0.2) is 5.96 Å². The Morgan fingerprint density at radius 2 is 1.65 bits per heavy atom. The van der Waals surface area contributed by atoms with Crippen molar-refractivity contribution in [1.82, 2.24) is 15.5 Å². The summed E-state index contributed by atoms with van der Waals surface area (Å²) in [6.07, 6.45) is 1.80. The van der Waals surface area contributed by atoms with Crippen LogP contribution in [0.15, 0.2) is 59.6 Å². The van der Waals surface area contributed by atoms with Crippen molar-refractivity contribution >= 4 is 17.6 Å². The van der Waals surface area contributed by atoms with Crippen molar-refractivity contribution in [3.05, 3.63) is 60.2 Å². The molecule has 0 atom stereocenters. The first-order chi connectivity index (χ1) is 15.0. The van der Waals surface area contributed by atoms with Crippen LogP contribution in [0.2, 0.25) is 0 Å². The normalized spacial score (nSPS) is 11.0. The number of carbonyl (C=O) groups is 1. The van der Waals surface area contributed by atoms with Gasteiger partial charge in [0, 0.05) is 46.5 Å². The molecule has 7 heteroatoms. The van der Waals surface area contributed by atoms with E-state index in [4.69, 9.17) is 4.74 Å². The van der Waals surface area contributed by atoms with E-state index in [1.165, 1.54) is 11.3 Å². The van der Waals surface area contributed by atoms with Crippen LogP contribution in [0.5, 0.6) is 5.75 Å². The quantitative estimate of drug-likeness (QED) is 0.329. The molecule has 0 aromatic heterocycles. The average molecular weight is 426 g/mol. The molecule has 0 unspecified atom stereocenters. The van der Waals surface area contributed by atoms with E-state index in [2.05, 4.69) is 51.8 Å². The van der Waals surface area contributed by atoms with Crippen LogP contribution in [0.3, 0.4) is 0 Å². The Kier molecular flexibility index (Phi) is 10.2. The lowest BCUT2D eigenvalue weighted by molar-refractivity contribution is -0.127. The van der Waals surface area contributed by atoms with Crippen LogP contribution in [-0.4, -0.2) is 71.2 Å². The van der Waals surface area contributed by atoms with Crippen molar-refractivity contribution in [3.63, 3.8) is 0 Å². The molecule has 0 fully saturated rings. The summed E-state index contributed by atoms with van der Waals surface area (Å²) in [7, 11) is 7.23. The second kappa shape index (κ2) is 13.2. The van der Waals surface area contributed by atoms with E-state index in [1.807, 2.05) is 30.3 Å². The Bertz CT molecular complexity index is 806. The lowest BCUT2D eigenvalue weighted by atomic mass is 10.1. The average Bonchev–Trinajstić information content (AvgIpc) is 2.80. The van der Waals surface area contributed by atoms with E-state index in [9.17, 15) is 4.79 Å². The minimum absolute atomic E-state index is 0.0277. The molecule has 7 nitrogen and oxygen atoms in total. The second-order valence-corrected chi connectivity index (χ2v) is 7.52. The number of carbonyl (C=O) groups excluding carboxylic acids is 1. The molecule has 2 N–H and O–H groups in total. The van der Waals surface area contributed by atoms with Gasteiger partial charge in [0.05, 0.1) is 7.11 Å². The van der Waals surface area contributed by atoms with E-state index in [-0.39, 0.29) is 12.5 Å². The molecule has 0 bridgehead atoms. The zero-order chi connectivity index (χ0) is 22.5. The van der Waals surface area contributed by atoms with Gasteiger partial charge in [-0.15, -0.1) is 0 Å². The lowest BCUT2D eigenvalue weighted by Gasteiger charge is -2.20. The highest BCUT2D eigenvalue weighted by molar-refractivity contribution is 5.84. The number of para-hydroxylation sites is 1. The summed E-state index contributed by atoms with van der Waals surface area (Å²) in [6.45, 7) is 2.53. The minimum atomic E-state index is -0.0277. The topological polar surface area (TPSA) is 69.2 Å². The summed E-state index contributed by atoms with van der Waals surface area (Å²) >= 11 is 0. The maximum atomic E-state index is 11.9. The van der Waals surface area contributed by atoms with Crippen molar-refractivity contribution in [1.29, 1.82) is 0 Å². The van der Waals surface area contributed by atoms with Crippen molar-refractivity contribution < 1.29 is 9.53 Å². The number of guanidine groups is 1. The fourth-order valence-corrected chi connectivity index (χ4v) is 2.91. The number of hydrogen-bond acceptors (Lipinski definition) is 4. The zero-order valence-corrected chi connectivity index (χ0v) is 19.1. The molecular formula is C24H35N5O2. The number of benzene rings is 2. The predicted octanol–water partition coefficient (Wildman–Crippen LogP) is 2.39. The van der Waals surface area contributed by atoms with Crippen molar-refractivity contribution in [3.8, 4) is 5.75 Å². The smallest absolute Gasteiger partial charge is 0.243 e. The second-order valence-electron chi connectivity index (χ2n) is 7.52. The van der Waals surface area contributed by atoms with Crippen LogP contribution in [0, 0.1) is 0 Å². The van der Waals surface area contributed by atoms with Gasteiger partial charge < -0.3 is 25.2 Å². The van der Waals surface area contributed by atoms with E-state index >= 15 is 0 Å². The number of amides is 1. The Morgan fingerprint density at radius 3 is 2.29 bits per heavy atom. The number of nitrogens with one attached hydrogen (secondary N) is 2. The van der Waals surface area contributed by atoms with E-state index in [1.54, 1.807) is 26.1 Å². The highest BCUT2D eigenvalue weighted by atomic mass is 16.5. The first-order valence-electron chi connectivity index (χ1n) is 10.6. The first kappa shape index (κ1) is 24.1. The monoisotopic (exact) mass is 425 g/mol. The molecule has 1 amide bonds. The van der Waals surface area contributed by atoms with Gasteiger partial charge in [-0.2, -0.15) is 0 Å². The molecule has 0 aliphatic rings. The zero-order valence-electron chi connectivity index (χ0n) is 19.1. The van der Waals surface area contributed by atoms with Crippen LogP contribution in [0.4, 0.5) is 5.69 Å². The molecule has 0 aliphatic carbocycles. The standard InChI is InChI=1S/C24H35N5O2/c1-28(2)23(30)19-27-24(26-17-15-20-11-13-22(31-4)14-12-20)25-16-8-18-29(3)21-9-6-5-7-10-21/h5-7,9-14H,8,15-19H2,1-4H3,(H2,25,26,27). The third-order valence-electron chi connectivity index (χ3n) is 4.90. The SMILES string of the molecule is COc1ccc(CCNC(=NCC(=O)N(C)C)NCCCN(C)c2ccccc2)cc1. The Balaban J connectivity index is 1.82. The molecular weight excluding hydrogens is 390 g/mol. The van der Waals surface area contributed by atoms with Crippen LogP contribution in [-0.2, 0) is 11.2 Å². The number of rotatable bonds is 11. The largest absolute Gasteiger partial charge is 0.497 e. The van der Waals surface area contributed by atoms with Crippen LogP contribution >= 0.6 is 0 Å². The lowest BCUT2D eigenvalue weighted by Crippen LogP contribution is -2.40. The van der Waals surface area contributed by atoms with E-state index in [0.717, 1.165) is 38.2 Å². The Labute approximate surface area is 186 Å². The molecule has 2 aromatic rings. The highest BCUT2D eigenvalue weighted by Gasteiger charge is 2.05. The third-order valence-corrected chi connectivity index (χ3v) is 4.90. The van der Waals surface area contributed by atoms with Gasteiger partial charge in [0.1, 0.15) is 12.3 Å². The Morgan fingerprint density at radius 1 is 0.968 bits per heavy atom. The first-order valence-corrected chi connectivity index (χ1v) is 10.6. The summed E-state index contributed by atoms with van der Waals surface area (Å²) < 4.78 is 5.20. The molecule has 2 aromatic carbocycles. The summed E-state index contributed by atoms with van der Waals surface area (Å²) in [4.78, 5) is 20.1. The highest BCUT2D eigenvalue weighted by Crippen LogP contribution is 2.11. The summed E-state index contributed by atoms with van der Waals surface area (Å²) in [6, 6.07) is 18.4. The van der Waals surface area contributed by atoms with Gasteiger partial charge in [-0.3, -0.25) is 4.79 Å². The predicted molar refractivity (Wildman–Crippen MR) is 128 cm³/mol. The number of anilines is 1. The molecule has 0 saturated heterocycles. The van der Waals surface area contributed by atoms with Gasteiger partial charge in [0.25, 0.3) is 0 Å². The molecule has 31 heavy (non-hydrogen) atoms. The maximum Gasteiger partial charge on any atom is 0.243 e. The molecule has 0 saturated carbocycles. The van der Waals surface area contributed by atoms with Gasteiger partial charge in [-0.25, -0.2) is 4.99 Å². The van der Waals surface area contributed by atoms with Gasteiger partial charge >= 0.3 is 0 Å². The summed E-state index contributed by atoms with van der Waals surface area (Å²) in [5.41, 5.74) is 2.41. The van der Waals surface area contributed by atoms with Gasteiger partial charge in [0.2, 0.25) is 5.91 Å². The van der Waals surface area contributed by atoms with Gasteiger partial charge in [-0.05, 0) is 42.7 Å². The van der Waals surface area contributed by atoms with Crippen molar-refractivity contribution in [2.75, 3.05) is 59.3 Å². The van der Waals surface area contributed by atoms with E-state index in [0.29, 0.717) is 5.96 Å². The number of hydrogen-bond donors (Lipinski definition) is 2. The molecule has 0 heterocycles. The van der Waals surface area contributed by atoms with Crippen molar-refractivity contribution in [2.45, 2.75) is 12.8 Å². The number of likely N-dealkylation sites (N-methyl/N-ethyl adjacent to an activating group) is 1. The number of methoxy groups -OCH3 is 1. The Hall–Kier alpha value is -3.22. The third kappa shape index (κ3) is 8.99. The van der Waals surface area contributed by atoms with Crippen molar-refractivity contribution in [2.24, 2.45) is 4.99 Å². The fourth-order valence-electron chi connectivity index (χ4n) is 2.91. The summed E-state index contributed by atoms with van der Waals surface area (Å²) in [5, 5.41) is 6.68. The maximum absolute atomic E-state index is 11.9. The number of ether oxygens (including phenoxy) is 1. The van der Waals surface area contributed by atoms with Crippen LogP contribution in [0.25, 0.3) is 0 Å². The minimum Gasteiger partial charge on any atom is -0.497 e. The molecule has 2 rings (SSSR count). The number of nitrogens with zero attached hydrogens (tertiary/aromatic N) is 3. The molecule has 0 aliphatic heterocycles.